The molecule has 0 aliphatic heterocycles. The smallest absolute Gasteiger partial charge is 0.407 e. The first-order valence-corrected chi connectivity index (χ1v) is 7.41. The molecular formula is C15H20BrNO4. The molecule has 0 heterocycles. The number of carbonyl (C=O) groups is 2. The van der Waals surface area contributed by atoms with Crippen molar-refractivity contribution in [2.45, 2.75) is 45.3 Å². The quantitative estimate of drug-likeness (QED) is 0.846. The molecule has 21 heavy (non-hydrogen) atoms. The van der Waals surface area contributed by atoms with Crippen molar-refractivity contribution >= 4 is 28.0 Å². The van der Waals surface area contributed by atoms with Gasteiger partial charge in [0.25, 0.3) is 0 Å². The molecule has 0 aromatic heterocycles. The van der Waals surface area contributed by atoms with Crippen LogP contribution < -0.4 is 5.32 Å². The summed E-state index contributed by atoms with van der Waals surface area (Å²) in [6.07, 6.45) is -0.334. The summed E-state index contributed by atoms with van der Waals surface area (Å²) in [5.41, 5.74) is 0.329. The molecule has 0 saturated carbocycles. The van der Waals surface area contributed by atoms with Crippen molar-refractivity contribution < 1.29 is 19.4 Å². The van der Waals surface area contributed by atoms with Crippen molar-refractivity contribution in [3.63, 3.8) is 0 Å². The minimum Gasteiger partial charge on any atom is -0.481 e. The van der Waals surface area contributed by atoms with Gasteiger partial charge in [-0.2, -0.15) is 0 Å². The standard InChI is InChI=1S/C15H20BrNO4/c1-15(2,3)21-14(20)17-12(9-13(18)19)8-10-4-6-11(16)7-5-10/h4-7,12H,8-9H2,1-3H3,(H,17,20)(H,18,19). The molecule has 1 unspecified atom stereocenters. The van der Waals surface area contributed by atoms with Gasteiger partial charge < -0.3 is 15.2 Å². The van der Waals surface area contributed by atoms with E-state index in [1.54, 1.807) is 20.8 Å². The number of hydrogen-bond acceptors (Lipinski definition) is 3. The minimum atomic E-state index is -0.965. The average molecular weight is 358 g/mol. The number of amides is 1. The summed E-state index contributed by atoms with van der Waals surface area (Å²) in [6, 6.07) is 7.01. The molecule has 0 bridgehead atoms. The van der Waals surface area contributed by atoms with Crippen LogP contribution in [0.4, 0.5) is 4.79 Å². The lowest BCUT2D eigenvalue weighted by atomic mass is 10.0. The summed E-state index contributed by atoms with van der Waals surface area (Å²) in [7, 11) is 0. The molecular weight excluding hydrogens is 338 g/mol. The second-order valence-electron chi connectivity index (χ2n) is 5.77. The lowest BCUT2D eigenvalue weighted by molar-refractivity contribution is -0.137. The van der Waals surface area contributed by atoms with Crippen molar-refractivity contribution in [3.05, 3.63) is 34.3 Å². The molecule has 0 fully saturated rings. The van der Waals surface area contributed by atoms with Crippen LogP contribution in [-0.2, 0) is 16.0 Å². The largest absolute Gasteiger partial charge is 0.481 e. The average Bonchev–Trinajstić information content (AvgIpc) is 2.28. The van der Waals surface area contributed by atoms with Gasteiger partial charge in [-0.15, -0.1) is 0 Å². The number of alkyl carbamates (subject to hydrolysis) is 1. The van der Waals surface area contributed by atoms with Crippen molar-refractivity contribution in [1.29, 1.82) is 0 Å². The van der Waals surface area contributed by atoms with E-state index in [1.807, 2.05) is 24.3 Å². The van der Waals surface area contributed by atoms with Crippen molar-refractivity contribution in [3.8, 4) is 0 Å². The number of carboxylic acid groups (broad SMARTS) is 1. The van der Waals surface area contributed by atoms with E-state index in [0.29, 0.717) is 6.42 Å². The number of aliphatic carboxylic acids is 1. The zero-order valence-corrected chi connectivity index (χ0v) is 13.9. The fraction of sp³-hybridized carbons (Fsp3) is 0.467. The zero-order valence-electron chi connectivity index (χ0n) is 12.4. The first kappa shape index (κ1) is 17.5. The van der Waals surface area contributed by atoms with Crippen molar-refractivity contribution in [2.24, 2.45) is 0 Å². The predicted octanol–water partition coefficient (Wildman–Crippen LogP) is 3.36. The number of halogens is 1. The number of benzene rings is 1. The third-order valence-electron chi connectivity index (χ3n) is 2.54. The van der Waals surface area contributed by atoms with Crippen LogP contribution in [0.15, 0.2) is 28.7 Å². The number of carboxylic acids is 1. The Hall–Kier alpha value is -1.56. The van der Waals surface area contributed by atoms with Crippen LogP contribution >= 0.6 is 15.9 Å². The van der Waals surface area contributed by atoms with Gasteiger partial charge >= 0.3 is 12.1 Å². The molecule has 0 aliphatic rings. The Kier molecular flexibility index (Phi) is 6.20. The second kappa shape index (κ2) is 7.45. The Morgan fingerprint density at radius 2 is 1.86 bits per heavy atom. The topological polar surface area (TPSA) is 75.6 Å². The third kappa shape index (κ3) is 7.70. The Morgan fingerprint density at radius 1 is 1.29 bits per heavy atom. The number of carbonyl (C=O) groups excluding carboxylic acids is 1. The van der Waals surface area contributed by atoms with Gasteiger partial charge in [-0.3, -0.25) is 4.79 Å². The van der Waals surface area contributed by atoms with Crippen LogP contribution in [0, 0.1) is 0 Å². The van der Waals surface area contributed by atoms with Crippen LogP contribution in [0.5, 0.6) is 0 Å². The van der Waals surface area contributed by atoms with E-state index < -0.39 is 23.7 Å². The highest BCUT2D eigenvalue weighted by molar-refractivity contribution is 9.10. The summed E-state index contributed by atoms with van der Waals surface area (Å²) in [4.78, 5) is 22.7. The van der Waals surface area contributed by atoms with Crippen LogP contribution in [0.1, 0.15) is 32.8 Å². The molecule has 5 nitrogen and oxygen atoms in total. The second-order valence-corrected chi connectivity index (χ2v) is 6.69. The Labute approximate surface area is 132 Å². The molecule has 116 valence electrons. The van der Waals surface area contributed by atoms with Gasteiger partial charge in [0.1, 0.15) is 5.60 Å². The van der Waals surface area contributed by atoms with Crippen molar-refractivity contribution in [2.75, 3.05) is 0 Å². The number of ether oxygens (including phenoxy) is 1. The zero-order chi connectivity index (χ0) is 16.0. The molecule has 0 aliphatic carbocycles. The SMILES string of the molecule is CC(C)(C)OC(=O)NC(CC(=O)O)Cc1ccc(Br)cc1. The highest BCUT2D eigenvalue weighted by Gasteiger charge is 2.21. The summed E-state index contributed by atoms with van der Waals surface area (Å²) < 4.78 is 6.10. The molecule has 0 radical (unpaired) electrons. The first-order chi connectivity index (χ1) is 9.65. The normalized spacial score (nSPS) is 12.6. The van der Waals surface area contributed by atoms with Gasteiger partial charge in [0.2, 0.25) is 0 Å². The molecule has 1 rings (SSSR count). The molecule has 6 heteroatoms. The molecule has 0 spiro atoms. The highest BCUT2D eigenvalue weighted by Crippen LogP contribution is 2.13. The van der Waals surface area contributed by atoms with E-state index in [2.05, 4.69) is 21.2 Å². The summed E-state index contributed by atoms with van der Waals surface area (Å²) >= 11 is 3.34. The monoisotopic (exact) mass is 357 g/mol. The maximum Gasteiger partial charge on any atom is 0.407 e. The number of nitrogens with one attached hydrogen (secondary N) is 1. The molecule has 1 aromatic carbocycles. The van der Waals surface area contributed by atoms with Gasteiger partial charge in [0, 0.05) is 10.5 Å². The van der Waals surface area contributed by atoms with Gasteiger partial charge in [0.05, 0.1) is 6.42 Å². The predicted molar refractivity (Wildman–Crippen MR) is 83.3 cm³/mol. The minimum absolute atomic E-state index is 0.157. The van der Waals surface area contributed by atoms with Gasteiger partial charge in [-0.05, 0) is 44.9 Å². The van der Waals surface area contributed by atoms with E-state index in [9.17, 15) is 9.59 Å². The summed E-state index contributed by atoms with van der Waals surface area (Å²) in [6.45, 7) is 5.27. The Morgan fingerprint density at radius 3 is 2.33 bits per heavy atom. The van der Waals surface area contributed by atoms with Gasteiger partial charge in [0.15, 0.2) is 0 Å². The molecule has 1 aromatic rings. The van der Waals surface area contributed by atoms with E-state index >= 15 is 0 Å². The maximum absolute atomic E-state index is 11.8. The fourth-order valence-corrected chi connectivity index (χ4v) is 2.03. The van der Waals surface area contributed by atoms with Crippen LogP contribution in [0.3, 0.4) is 0 Å². The van der Waals surface area contributed by atoms with E-state index in [0.717, 1.165) is 10.0 Å². The summed E-state index contributed by atoms with van der Waals surface area (Å²) in [5, 5.41) is 11.6. The molecule has 2 N–H and O–H groups in total. The van der Waals surface area contributed by atoms with Crippen molar-refractivity contribution in [1.82, 2.24) is 5.32 Å². The fourth-order valence-electron chi connectivity index (χ4n) is 1.76. The third-order valence-corrected chi connectivity index (χ3v) is 3.07. The number of rotatable bonds is 5. The highest BCUT2D eigenvalue weighted by atomic mass is 79.9. The Bertz CT molecular complexity index is 493. The first-order valence-electron chi connectivity index (χ1n) is 6.61. The molecule has 0 saturated heterocycles. The lowest BCUT2D eigenvalue weighted by Gasteiger charge is -2.23. The van der Waals surface area contributed by atoms with E-state index in [1.165, 1.54) is 0 Å². The maximum atomic E-state index is 11.8. The number of hydrogen-bond donors (Lipinski definition) is 2. The molecule has 1 atom stereocenters. The van der Waals surface area contributed by atoms with Crippen LogP contribution in [-0.4, -0.2) is 28.8 Å². The van der Waals surface area contributed by atoms with Gasteiger partial charge in [-0.1, -0.05) is 28.1 Å². The van der Waals surface area contributed by atoms with Gasteiger partial charge in [-0.25, -0.2) is 4.79 Å². The van der Waals surface area contributed by atoms with E-state index in [4.69, 9.17) is 9.84 Å². The van der Waals surface area contributed by atoms with E-state index in [-0.39, 0.29) is 6.42 Å². The lowest BCUT2D eigenvalue weighted by Crippen LogP contribution is -2.41. The summed E-state index contributed by atoms with van der Waals surface area (Å²) in [5.74, 6) is -0.965. The Balaban J connectivity index is 2.69. The van der Waals surface area contributed by atoms with Crippen LogP contribution in [0.25, 0.3) is 0 Å². The van der Waals surface area contributed by atoms with Crippen LogP contribution in [0.2, 0.25) is 0 Å². The molecule has 1 amide bonds.